The maximum absolute atomic E-state index is 11.3. The van der Waals surface area contributed by atoms with Gasteiger partial charge in [-0.1, -0.05) is 24.3 Å². The molecule has 0 fully saturated rings. The van der Waals surface area contributed by atoms with Crippen molar-refractivity contribution in [2.24, 2.45) is 0 Å². The summed E-state index contributed by atoms with van der Waals surface area (Å²) in [5.41, 5.74) is 4.00. The number of benzene rings is 2. The quantitative estimate of drug-likeness (QED) is 0.281. The van der Waals surface area contributed by atoms with Crippen molar-refractivity contribution in [2.45, 2.75) is 32.5 Å². The summed E-state index contributed by atoms with van der Waals surface area (Å²) in [5.74, 6) is 0.467. The largest absolute Gasteiger partial charge is 0.489 e. The number of aryl methyl sites for hydroxylation is 1. The zero-order valence-electron chi connectivity index (χ0n) is 17.6. The Morgan fingerprint density at radius 2 is 2.03 bits per heavy atom. The zero-order valence-corrected chi connectivity index (χ0v) is 19.2. The van der Waals surface area contributed by atoms with E-state index in [4.69, 9.17) is 9.47 Å². The molecule has 2 heterocycles. The molecule has 5 nitrogen and oxygen atoms in total. The highest BCUT2D eigenvalue weighted by Gasteiger charge is 2.20. The Kier molecular flexibility index (Phi) is 7.19. The van der Waals surface area contributed by atoms with Gasteiger partial charge in [0, 0.05) is 24.1 Å². The van der Waals surface area contributed by atoms with Gasteiger partial charge in [-0.2, -0.15) is 11.3 Å². The number of thiazole rings is 1. The summed E-state index contributed by atoms with van der Waals surface area (Å²) in [6.07, 6.45) is 1.73. The molecule has 0 radical (unpaired) electrons. The van der Waals surface area contributed by atoms with Crippen molar-refractivity contribution in [2.75, 3.05) is 0 Å². The number of ether oxygens (including phenoxy) is 2. The third-order valence-corrected chi connectivity index (χ3v) is 6.56. The number of hydrogen-bond donors (Lipinski definition) is 1. The molecule has 0 saturated carbocycles. The van der Waals surface area contributed by atoms with Crippen molar-refractivity contribution in [1.82, 2.24) is 4.98 Å². The van der Waals surface area contributed by atoms with E-state index in [2.05, 4.69) is 10.4 Å². The average molecular weight is 466 g/mol. The van der Waals surface area contributed by atoms with Gasteiger partial charge < -0.3 is 14.6 Å². The van der Waals surface area contributed by atoms with Crippen LogP contribution in [-0.2, 0) is 11.4 Å². The number of aromatic nitrogens is 1. The molecule has 0 saturated heterocycles. The highest BCUT2D eigenvalue weighted by atomic mass is 32.1. The average Bonchev–Trinajstić information content (AvgIpc) is 3.50. The van der Waals surface area contributed by atoms with Crippen LogP contribution in [0.3, 0.4) is 0 Å². The normalized spacial score (nSPS) is 11.8. The number of thiophene rings is 1. The molecule has 1 N–H and O–H groups in total. The molecule has 32 heavy (non-hydrogen) atoms. The van der Waals surface area contributed by atoms with Gasteiger partial charge in [-0.3, -0.25) is 4.79 Å². The van der Waals surface area contributed by atoms with Crippen molar-refractivity contribution >= 4 is 28.6 Å². The molecule has 4 rings (SSSR count). The van der Waals surface area contributed by atoms with Gasteiger partial charge in [0.2, 0.25) is 0 Å². The minimum absolute atomic E-state index is 0.0138. The third kappa shape index (κ3) is 5.55. The molecule has 164 valence electrons. The number of carboxylic acids is 1. The van der Waals surface area contributed by atoms with E-state index >= 15 is 0 Å². The van der Waals surface area contributed by atoms with Crippen LogP contribution in [0.1, 0.15) is 35.6 Å². The van der Waals surface area contributed by atoms with Gasteiger partial charge in [-0.15, -0.1) is 11.3 Å². The Hall–Kier alpha value is -3.16. The Morgan fingerprint density at radius 1 is 1.16 bits per heavy atom. The van der Waals surface area contributed by atoms with Gasteiger partial charge in [-0.05, 0) is 59.0 Å². The van der Waals surface area contributed by atoms with Crippen LogP contribution in [0.4, 0.5) is 0 Å². The maximum Gasteiger partial charge on any atom is 0.303 e. The molecule has 0 aliphatic heterocycles. The van der Waals surface area contributed by atoms with E-state index in [0.717, 1.165) is 27.3 Å². The number of carboxylic acid groups (broad SMARTS) is 1. The van der Waals surface area contributed by atoms with Gasteiger partial charge in [-0.25, -0.2) is 4.98 Å². The van der Waals surface area contributed by atoms with Crippen LogP contribution in [0, 0.1) is 6.92 Å². The number of nitrogens with zero attached hydrogens (tertiary/aromatic N) is 1. The summed E-state index contributed by atoms with van der Waals surface area (Å²) >= 11 is 3.16. The highest BCUT2D eigenvalue weighted by Crippen LogP contribution is 2.38. The Bertz CT molecular complexity index is 1160. The van der Waals surface area contributed by atoms with E-state index in [0.29, 0.717) is 24.5 Å². The molecule has 0 aliphatic carbocycles. The summed E-state index contributed by atoms with van der Waals surface area (Å²) in [6, 6.07) is 15.7. The minimum Gasteiger partial charge on any atom is -0.489 e. The van der Waals surface area contributed by atoms with Crippen LogP contribution in [0.2, 0.25) is 0 Å². The number of rotatable bonds is 10. The fraction of sp³-hybridized carbons (Fsp3) is 0.200. The lowest BCUT2D eigenvalue weighted by Crippen LogP contribution is -2.12. The SMILES string of the molecule is Cc1ccccc1[C@H](CCC(=O)O)Oc1cc(OCc2ccsc2)ccc1-c1nccs1. The number of aliphatic carboxylic acids is 1. The summed E-state index contributed by atoms with van der Waals surface area (Å²) < 4.78 is 12.5. The molecule has 4 aromatic rings. The summed E-state index contributed by atoms with van der Waals surface area (Å²) in [5, 5.41) is 16.1. The highest BCUT2D eigenvalue weighted by molar-refractivity contribution is 7.13. The second kappa shape index (κ2) is 10.4. The lowest BCUT2D eigenvalue weighted by molar-refractivity contribution is -0.137. The topological polar surface area (TPSA) is 68.7 Å². The van der Waals surface area contributed by atoms with Crippen molar-refractivity contribution in [3.05, 3.63) is 87.6 Å². The fourth-order valence-corrected chi connectivity index (χ4v) is 4.72. The van der Waals surface area contributed by atoms with Crippen LogP contribution in [-0.4, -0.2) is 16.1 Å². The molecule has 0 aliphatic rings. The van der Waals surface area contributed by atoms with Gasteiger partial charge in [0.1, 0.15) is 29.2 Å². The smallest absolute Gasteiger partial charge is 0.303 e. The van der Waals surface area contributed by atoms with E-state index < -0.39 is 12.1 Å². The van der Waals surface area contributed by atoms with Crippen LogP contribution < -0.4 is 9.47 Å². The molecule has 0 bridgehead atoms. The molecule has 2 aromatic carbocycles. The van der Waals surface area contributed by atoms with E-state index in [1.54, 1.807) is 17.5 Å². The monoisotopic (exact) mass is 465 g/mol. The molecular weight excluding hydrogens is 442 g/mol. The lowest BCUT2D eigenvalue weighted by Gasteiger charge is -2.22. The van der Waals surface area contributed by atoms with E-state index in [1.807, 2.05) is 66.2 Å². The molecular formula is C25H23NO4S2. The van der Waals surface area contributed by atoms with Crippen molar-refractivity contribution in [3.8, 4) is 22.1 Å². The van der Waals surface area contributed by atoms with Crippen LogP contribution in [0.25, 0.3) is 10.6 Å². The van der Waals surface area contributed by atoms with Crippen molar-refractivity contribution < 1.29 is 19.4 Å². The number of hydrogen-bond acceptors (Lipinski definition) is 6. The standard InChI is InChI=1S/C25H23NO4S2/c1-17-4-2-3-5-20(17)22(8-9-24(27)28)30-23-14-19(29-15-18-10-12-31-16-18)6-7-21(23)25-26-11-13-32-25/h2-7,10-14,16,22H,8-9,15H2,1H3,(H,27,28)/t22-/m0/s1. The Balaban J connectivity index is 1.66. The van der Waals surface area contributed by atoms with Gasteiger partial charge in [0.15, 0.2) is 0 Å². The van der Waals surface area contributed by atoms with E-state index in [1.165, 1.54) is 11.3 Å². The molecule has 7 heteroatoms. The molecule has 0 unspecified atom stereocenters. The Morgan fingerprint density at radius 3 is 2.75 bits per heavy atom. The van der Waals surface area contributed by atoms with E-state index in [-0.39, 0.29) is 6.42 Å². The second-order valence-corrected chi connectivity index (χ2v) is 8.99. The van der Waals surface area contributed by atoms with Crippen LogP contribution in [0.5, 0.6) is 11.5 Å². The maximum atomic E-state index is 11.3. The first-order chi connectivity index (χ1) is 15.6. The van der Waals surface area contributed by atoms with Gasteiger partial charge in [0.25, 0.3) is 0 Å². The minimum atomic E-state index is -0.847. The summed E-state index contributed by atoms with van der Waals surface area (Å²) in [6.45, 7) is 2.48. The lowest BCUT2D eigenvalue weighted by atomic mass is 9.99. The first-order valence-electron chi connectivity index (χ1n) is 10.2. The molecule has 0 amide bonds. The molecule has 1 atom stereocenters. The fourth-order valence-electron chi connectivity index (χ4n) is 3.40. The molecule has 2 aromatic heterocycles. The van der Waals surface area contributed by atoms with Crippen molar-refractivity contribution in [1.29, 1.82) is 0 Å². The zero-order chi connectivity index (χ0) is 22.3. The van der Waals surface area contributed by atoms with Gasteiger partial charge >= 0.3 is 5.97 Å². The van der Waals surface area contributed by atoms with Gasteiger partial charge in [0.05, 0.1) is 5.56 Å². The summed E-state index contributed by atoms with van der Waals surface area (Å²) in [7, 11) is 0. The predicted molar refractivity (Wildman–Crippen MR) is 128 cm³/mol. The van der Waals surface area contributed by atoms with Crippen LogP contribution >= 0.6 is 22.7 Å². The molecule has 0 spiro atoms. The number of carbonyl (C=O) groups is 1. The Labute approximate surface area is 194 Å². The third-order valence-electron chi connectivity index (χ3n) is 5.03. The van der Waals surface area contributed by atoms with Crippen molar-refractivity contribution in [3.63, 3.8) is 0 Å². The first kappa shape index (κ1) is 22.0. The second-order valence-electron chi connectivity index (χ2n) is 7.31. The van der Waals surface area contributed by atoms with Crippen LogP contribution in [0.15, 0.2) is 70.9 Å². The predicted octanol–water partition coefficient (Wildman–Crippen LogP) is 6.74. The van der Waals surface area contributed by atoms with E-state index in [9.17, 15) is 9.90 Å². The summed E-state index contributed by atoms with van der Waals surface area (Å²) in [4.78, 5) is 15.7. The first-order valence-corrected chi connectivity index (χ1v) is 12.0.